The van der Waals surface area contributed by atoms with Crippen LogP contribution in [0.4, 0.5) is 5.69 Å². The highest BCUT2D eigenvalue weighted by atomic mass is 16.3. The summed E-state index contributed by atoms with van der Waals surface area (Å²) in [7, 11) is 3.68. The third-order valence-corrected chi connectivity index (χ3v) is 7.47. The van der Waals surface area contributed by atoms with Gasteiger partial charge in [-0.2, -0.15) is 0 Å². The normalized spacial score (nSPS) is 25.6. The molecule has 0 radical (unpaired) electrons. The van der Waals surface area contributed by atoms with Crippen LogP contribution >= 0.6 is 0 Å². The second kappa shape index (κ2) is 8.94. The van der Waals surface area contributed by atoms with E-state index >= 15 is 0 Å². The summed E-state index contributed by atoms with van der Waals surface area (Å²) in [6.45, 7) is 5.15. The first kappa shape index (κ1) is 25.7. The first-order valence-electron chi connectivity index (χ1n) is 12.0. The van der Waals surface area contributed by atoms with Gasteiger partial charge in [-0.15, -0.1) is 0 Å². The summed E-state index contributed by atoms with van der Waals surface area (Å²) in [5, 5.41) is 47.8. The lowest BCUT2D eigenvalue weighted by atomic mass is 9.59. The van der Waals surface area contributed by atoms with Crippen LogP contribution in [-0.4, -0.2) is 64.1 Å². The van der Waals surface area contributed by atoms with E-state index < -0.39 is 52.0 Å². The van der Waals surface area contributed by atoms with Crippen molar-refractivity contribution in [3.63, 3.8) is 0 Å². The van der Waals surface area contributed by atoms with E-state index in [0.29, 0.717) is 30.1 Å². The number of nitrogens with two attached hydrogens (primary N) is 1. The highest BCUT2D eigenvalue weighted by Crippen LogP contribution is 2.53. The second-order valence-corrected chi connectivity index (χ2v) is 10.6. The third kappa shape index (κ3) is 3.75. The summed E-state index contributed by atoms with van der Waals surface area (Å²) in [6.07, 6.45) is 0.0393. The maximum absolute atomic E-state index is 13.7. The summed E-state index contributed by atoms with van der Waals surface area (Å²) < 4.78 is 0. The minimum atomic E-state index is -2.56. The van der Waals surface area contributed by atoms with Crippen molar-refractivity contribution in [3.05, 3.63) is 39.7 Å². The summed E-state index contributed by atoms with van der Waals surface area (Å²) >= 11 is 0. The molecule has 3 atom stereocenters. The number of hydrogen-bond donors (Lipinski definition) is 6. The Morgan fingerprint density at radius 1 is 1.22 bits per heavy atom. The number of primary amides is 1. The number of benzene rings is 1. The number of Topliss-reactive ketones (excluding diaryl/α,β-unsaturated/α-hetero) is 2. The van der Waals surface area contributed by atoms with E-state index in [9.17, 15) is 34.8 Å². The van der Waals surface area contributed by atoms with Crippen LogP contribution in [0.15, 0.2) is 23.0 Å². The molecule has 1 fully saturated rings. The predicted molar refractivity (Wildman–Crippen MR) is 132 cm³/mol. The van der Waals surface area contributed by atoms with Crippen molar-refractivity contribution < 1.29 is 34.8 Å². The Bertz CT molecular complexity index is 1230. The zero-order valence-corrected chi connectivity index (χ0v) is 20.9. The van der Waals surface area contributed by atoms with E-state index in [1.807, 2.05) is 25.1 Å². The highest BCUT2D eigenvalue weighted by Gasteiger charge is 2.60. The number of nitrogens with zero attached hydrogens (tertiary/aromatic N) is 1. The lowest BCUT2D eigenvalue weighted by molar-refractivity contribution is -0.147. The number of carbonyl (C=O) groups excluding carboxylic acids is 3. The number of aliphatic hydroxyl groups excluding tert-OH is 2. The molecule has 10 nitrogen and oxygen atoms in total. The maximum Gasteiger partial charge on any atom is 0.255 e. The molecule has 0 saturated heterocycles. The van der Waals surface area contributed by atoms with Crippen LogP contribution in [0.25, 0.3) is 5.76 Å². The van der Waals surface area contributed by atoms with Gasteiger partial charge in [-0.25, -0.2) is 0 Å². The van der Waals surface area contributed by atoms with E-state index in [1.54, 1.807) is 0 Å². The first-order chi connectivity index (χ1) is 16.8. The van der Waals surface area contributed by atoms with Crippen molar-refractivity contribution in [2.45, 2.75) is 45.3 Å². The standard InChI is InChI=1S/C26H33N3O7/c1-11(2)9-28-10-13-7-16(29(3)4)15-6-12-5-14-8-17(30)20(25(27)35)24(34)26(14,36)23(33)18(12)22(32)19(15)21(13)31/h7,11-12,14,28,31-32,34,36H,5-6,8-10H2,1-4H3,(H2,27,35). The third-order valence-electron chi connectivity index (χ3n) is 7.47. The van der Waals surface area contributed by atoms with E-state index in [4.69, 9.17) is 5.73 Å². The van der Waals surface area contributed by atoms with Crippen molar-refractivity contribution in [3.8, 4) is 5.75 Å². The Hall–Kier alpha value is -3.37. The van der Waals surface area contributed by atoms with E-state index in [2.05, 4.69) is 19.2 Å². The topological polar surface area (TPSA) is 173 Å². The number of rotatable bonds is 6. The molecule has 7 N–H and O–H groups in total. The van der Waals surface area contributed by atoms with Crippen LogP contribution in [0.1, 0.15) is 43.4 Å². The number of aromatic hydroxyl groups is 1. The SMILES string of the molecule is CC(C)CNCc1cc(N(C)C)c2c(c1O)C(O)=C1C(=O)C3(O)C(O)=C(C(N)=O)C(=O)CC3CC1C2. The van der Waals surface area contributed by atoms with Gasteiger partial charge in [0.2, 0.25) is 5.78 Å². The smallest absolute Gasteiger partial charge is 0.255 e. The number of nitrogens with one attached hydrogen (secondary N) is 1. The van der Waals surface area contributed by atoms with Gasteiger partial charge in [0.05, 0.1) is 5.56 Å². The van der Waals surface area contributed by atoms with Gasteiger partial charge < -0.3 is 36.4 Å². The molecule has 36 heavy (non-hydrogen) atoms. The number of anilines is 1. The number of aliphatic hydroxyl groups is 3. The fourth-order valence-electron chi connectivity index (χ4n) is 5.75. The summed E-state index contributed by atoms with van der Waals surface area (Å²) in [5.41, 5.74) is 3.78. The first-order valence-corrected chi connectivity index (χ1v) is 12.0. The lowest BCUT2D eigenvalue weighted by Gasteiger charge is -2.46. The van der Waals surface area contributed by atoms with Crippen LogP contribution in [-0.2, 0) is 27.3 Å². The van der Waals surface area contributed by atoms with Crippen molar-refractivity contribution in [2.75, 3.05) is 25.5 Å². The molecule has 1 saturated carbocycles. The van der Waals surface area contributed by atoms with Gasteiger partial charge in [0.1, 0.15) is 22.8 Å². The zero-order chi connectivity index (χ0) is 26.7. The molecule has 4 rings (SSSR count). The molecule has 3 aliphatic carbocycles. The number of fused-ring (bicyclic) bond motifs is 3. The van der Waals surface area contributed by atoms with Crippen molar-refractivity contribution in [1.29, 1.82) is 0 Å². The molecule has 3 unspecified atom stereocenters. The fourth-order valence-corrected chi connectivity index (χ4v) is 5.75. The Labute approximate surface area is 209 Å². The molecule has 1 amide bonds. The summed E-state index contributed by atoms with van der Waals surface area (Å²) in [4.78, 5) is 39.8. The minimum absolute atomic E-state index is 0.105. The van der Waals surface area contributed by atoms with Crippen LogP contribution in [0.3, 0.4) is 0 Å². The molecule has 0 aliphatic heterocycles. The van der Waals surface area contributed by atoms with E-state index in [0.717, 1.165) is 5.69 Å². The average molecular weight is 500 g/mol. The van der Waals surface area contributed by atoms with E-state index in [1.165, 1.54) is 0 Å². The van der Waals surface area contributed by atoms with Crippen LogP contribution in [0.2, 0.25) is 0 Å². The summed E-state index contributed by atoms with van der Waals surface area (Å²) in [6, 6.07) is 1.85. The van der Waals surface area contributed by atoms with E-state index in [-0.39, 0.29) is 36.1 Å². The fraction of sp³-hybridized carbons (Fsp3) is 0.500. The number of phenolic OH excluding ortho intramolecular Hbond substituents is 1. The van der Waals surface area contributed by atoms with Crippen LogP contribution in [0, 0.1) is 17.8 Å². The molecule has 3 aliphatic rings. The van der Waals surface area contributed by atoms with Gasteiger partial charge >= 0.3 is 0 Å². The molecule has 0 spiro atoms. The number of amides is 1. The average Bonchev–Trinajstić information content (AvgIpc) is 2.77. The van der Waals surface area contributed by atoms with Gasteiger partial charge in [0.25, 0.3) is 5.91 Å². The van der Waals surface area contributed by atoms with Gasteiger partial charge in [-0.05, 0) is 42.9 Å². The maximum atomic E-state index is 13.7. The van der Waals surface area contributed by atoms with Gasteiger partial charge in [0, 0.05) is 49.8 Å². The Kier molecular flexibility index (Phi) is 6.38. The Balaban J connectivity index is 1.88. The van der Waals surface area contributed by atoms with Gasteiger partial charge in [-0.1, -0.05) is 13.8 Å². The van der Waals surface area contributed by atoms with Crippen molar-refractivity contribution in [2.24, 2.45) is 23.5 Å². The molecular formula is C26H33N3O7. The molecular weight excluding hydrogens is 466 g/mol. The summed E-state index contributed by atoms with van der Waals surface area (Å²) in [5.74, 6) is -5.85. The second-order valence-electron chi connectivity index (χ2n) is 10.6. The molecule has 10 heteroatoms. The quantitative estimate of drug-likeness (QED) is 0.315. The largest absolute Gasteiger partial charge is 0.508 e. The lowest BCUT2D eigenvalue weighted by Crippen LogP contribution is -2.58. The predicted octanol–water partition coefficient (Wildman–Crippen LogP) is 1.24. The van der Waals surface area contributed by atoms with Crippen molar-refractivity contribution >= 4 is 28.9 Å². The highest BCUT2D eigenvalue weighted by molar-refractivity contribution is 6.22. The molecule has 1 aromatic carbocycles. The van der Waals surface area contributed by atoms with Gasteiger partial charge in [-0.3, -0.25) is 14.4 Å². The molecule has 0 bridgehead atoms. The molecule has 1 aromatic rings. The monoisotopic (exact) mass is 499 g/mol. The molecule has 0 aromatic heterocycles. The number of phenols is 1. The Morgan fingerprint density at radius 2 is 1.89 bits per heavy atom. The number of carbonyl (C=O) groups is 3. The minimum Gasteiger partial charge on any atom is -0.508 e. The van der Waals surface area contributed by atoms with Gasteiger partial charge in [0.15, 0.2) is 11.4 Å². The Morgan fingerprint density at radius 3 is 2.47 bits per heavy atom. The van der Waals surface area contributed by atoms with Crippen LogP contribution < -0.4 is 16.0 Å². The van der Waals surface area contributed by atoms with Crippen LogP contribution in [0.5, 0.6) is 5.75 Å². The number of ketones is 2. The molecule has 194 valence electrons. The number of hydrogen-bond acceptors (Lipinski definition) is 9. The van der Waals surface area contributed by atoms with Crippen molar-refractivity contribution in [1.82, 2.24) is 5.32 Å². The molecule has 0 heterocycles. The zero-order valence-electron chi connectivity index (χ0n) is 20.9.